The lowest BCUT2D eigenvalue weighted by Gasteiger charge is -2.33. The molecule has 10 nitrogen and oxygen atoms in total. The number of epoxide rings is 1. The molecule has 0 bridgehead atoms. The second-order valence-corrected chi connectivity index (χ2v) is 5.51. The van der Waals surface area contributed by atoms with E-state index in [-0.39, 0.29) is 31.3 Å². The van der Waals surface area contributed by atoms with E-state index in [1.165, 1.54) is 13.8 Å². The number of carbonyl (C=O) groups excluding carboxylic acids is 3. The van der Waals surface area contributed by atoms with E-state index in [0.717, 1.165) is 0 Å². The van der Waals surface area contributed by atoms with Gasteiger partial charge in [0.1, 0.15) is 30.4 Å². The van der Waals surface area contributed by atoms with Gasteiger partial charge in [-0.2, -0.15) is 0 Å². The van der Waals surface area contributed by atoms with Crippen molar-refractivity contribution in [2.75, 3.05) is 13.2 Å². The molecule has 0 aromatic carbocycles. The van der Waals surface area contributed by atoms with Gasteiger partial charge in [0.15, 0.2) is 6.29 Å². The minimum atomic E-state index is -1.03. The Labute approximate surface area is 132 Å². The van der Waals surface area contributed by atoms with E-state index in [1.807, 2.05) is 0 Å². The second kappa shape index (κ2) is 7.21. The van der Waals surface area contributed by atoms with Gasteiger partial charge in [0.05, 0.1) is 13.2 Å². The predicted octanol–water partition coefficient (Wildman–Crippen LogP) is -3.02. The van der Waals surface area contributed by atoms with Crippen LogP contribution in [0, 0.1) is 0 Å². The molecule has 0 aromatic heterocycles. The van der Waals surface area contributed by atoms with Crippen LogP contribution in [-0.4, -0.2) is 72.7 Å². The summed E-state index contributed by atoms with van der Waals surface area (Å²) in [6.45, 7) is 2.09. The molecule has 0 aromatic rings. The van der Waals surface area contributed by atoms with E-state index in [9.17, 15) is 19.5 Å². The number of ether oxygens (including phenoxy) is 3. The van der Waals surface area contributed by atoms with Gasteiger partial charge >= 0.3 is 0 Å². The fourth-order valence-corrected chi connectivity index (χ4v) is 2.52. The van der Waals surface area contributed by atoms with Gasteiger partial charge in [-0.1, -0.05) is 0 Å². The van der Waals surface area contributed by atoms with Crippen LogP contribution in [0.1, 0.15) is 13.8 Å². The Kier molecular flexibility index (Phi) is 5.52. The Morgan fingerprint density at radius 2 is 1.91 bits per heavy atom. The molecule has 0 saturated carbocycles. The Bertz CT molecular complexity index is 486. The number of fused-ring (bicyclic) bond motifs is 1. The first kappa shape index (κ1) is 17.6. The molecule has 2 aliphatic heterocycles. The molecule has 3 amide bonds. The predicted molar refractivity (Wildman–Crippen MR) is 74.8 cm³/mol. The van der Waals surface area contributed by atoms with Crippen LogP contribution in [0.5, 0.6) is 0 Å². The van der Waals surface area contributed by atoms with E-state index < -0.39 is 36.3 Å². The number of amides is 3. The number of hydrogen-bond acceptors (Lipinski definition) is 7. The van der Waals surface area contributed by atoms with E-state index in [1.54, 1.807) is 0 Å². The molecule has 2 fully saturated rings. The van der Waals surface area contributed by atoms with E-state index in [2.05, 4.69) is 10.6 Å². The summed E-state index contributed by atoms with van der Waals surface area (Å²) in [4.78, 5) is 33.7. The number of hydrogen-bond donors (Lipinski definition) is 4. The third-order valence-corrected chi connectivity index (χ3v) is 3.58. The highest BCUT2D eigenvalue weighted by molar-refractivity contribution is 5.85. The van der Waals surface area contributed by atoms with Crippen LogP contribution >= 0.6 is 0 Å². The maximum absolute atomic E-state index is 11.3. The standard InChI is InChI=1S/C13H21N3O7/c1-5(18)15-7(12(14)20)4-21-13-9(16-6(2)19)11-10(23-11)8(3-17)22-13/h7-11,13,17H,3-4H2,1-2H3,(H2,14,20)(H,15,18)(H,16,19)/t7-,8?,9-,10+,11?,13+/m0/s1. The topological polar surface area (TPSA) is 153 Å². The van der Waals surface area contributed by atoms with Crippen LogP contribution < -0.4 is 16.4 Å². The summed E-state index contributed by atoms with van der Waals surface area (Å²) in [6, 6.07) is -1.61. The lowest BCUT2D eigenvalue weighted by molar-refractivity contribution is -0.208. The second-order valence-electron chi connectivity index (χ2n) is 5.51. The molecule has 23 heavy (non-hydrogen) atoms. The molecule has 6 atom stereocenters. The molecule has 10 heteroatoms. The van der Waals surface area contributed by atoms with Crippen LogP contribution in [-0.2, 0) is 28.6 Å². The monoisotopic (exact) mass is 331 g/mol. The third-order valence-electron chi connectivity index (χ3n) is 3.58. The van der Waals surface area contributed by atoms with Crippen LogP contribution in [0.3, 0.4) is 0 Å². The van der Waals surface area contributed by atoms with Crippen LogP contribution in [0.4, 0.5) is 0 Å². The molecule has 2 aliphatic rings. The summed E-state index contributed by atoms with van der Waals surface area (Å²) >= 11 is 0. The smallest absolute Gasteiger partial charge is 0.242 e. The Balaban J connectivity index is 1.99. The summed E-state index contributed by atoms with van der Waals surface area (Å²) in [6.07, 6.45) is -2.15. The molecular weight excluding hydrogens is 310 g/mol. The zero-order chi connectivity index (χ0) is 17.1. The first-order valence-corrected chi connectivity index (χ1v) is 7.20. The molecule has 0 radical (unpaired) electrons. The molecule has 130 valence electrons. The van der Waals surface area contributed by atoms with Crippen molar-refractivity contribution in [2.24, 2.45) is 5.73 Å². The summed E-state index contributed by atoms with van der Waals surface area (Å²) in [5.41, 5.74) is 5.20. The number of nitrogens with two attached hydrogens (primary N) is 1. The lowest BCUT2D eigenvalue weighted by Crippen LogP contribution is -2.57. The average molecular weight is 331 g/mol. The van der Waals surface area contributed by atoms with Crippen molar-refractivity contribution in [1.82, 2.24) is 10.6 Å². The van der Waals surface area contributed by atoms with E-state index >= 15 is 0 Å². The van der Waals surface area contributed by atoms with Crippen molar-refractivity contribution in [1.29, 1.82) is 0 Å². The van der Waals surface area contributed by atoms with Gasteiger partial charge in [-0.25, -0.2) is 0 Å². The number of aliphatic hydroxyl groups excluding tert-OH is 1. The van der Waals surface area contributed by atoms with E-state index in [0.29, 0.717) is 0 Å². The molecule has 2 saturated heterocycles. The third kappa shape index (κ3) is 4.38. The number of nitrogens with one attached hydrogen (secondary N) is 2. The van der Waals surface area contributed by atoms with Gasteiger partial charge in [0, 0.05) is 13.8 Å². The van der Waals surface area contributed by atoms with E-state index in [4.69, 9.17) is 19.9 Å². The first-order chi connectivity index (χ1) is 10.8. The zero-order valence-corrected chi connectivity index (χ0v) is 12.9. The van der Waals surface area contributed by atoms with Gasteiger partial charge < -0.3 is 35.7 Å². The average Bonchev–Trinajstić information content (AvgIpc) is 3.24. The normalized spacial score (nSPS) is 33.3. The van der Waals surface area contributed by atoms with Crippen molar-refractivity contribution in [3.05, 3.63) is 0 Å². The molecule has 5 N–H and O–H groups in total. The number of rotatable bonds is 7. The van der Waals surface area contributed by atoms with Crippen LogP contribution in [0.15, 0.2) is 0 Å². The van der Waals surface area contributed by atoms with Crippen molar-refractivity contribution >= 4 is 17.7 Å². The Hall–Kier alpha value is -1.75. The minimum Gasteiger partial charge on any atom is -0.394 e. The molecule has 2 unspecified atom stereocenters. The number of aliphatic hydroxyl groups is 1. The fourth-order valence-electron chi connectivity index (χ4n) is 2.52. The SMILES string of the molecule is CC(=O)N[C@@H](CO[C@@H]1OC(CO)[C@H]2OC2[C@@H]1NC(C)=O)C(N)=O. The van der Waals surface area contributed by atoms with Gasteiger partial charge in [0.25, 0.3) is 0 Å². The first-order valence-electron chi connectivity index (χ1n) is 7.20. The number of primary amides is 1. The summed E-state index contributed by atoms with van der Waals surface area (Å²) in [5, 5.41) is 14.3. The van der Waals surface area contributed by atoms with Crippen molar-refractivity contribution in [2.45, 2.75) is 50.5 Å². The highest BCUT2D eigenvalue weighted by atomic mass is 16.7. The fraction of sp³-hybridized carbons (Fsp3) is 0.769. The van der Waals surface area contributed by atoms with Crippen molar-refractivity contribution in [3.63, 3.8) is 0 Å². The quantitative estimate of drug-likeness (QED) is 0.362. The number of carbonyl (C=O) groups is 3. The van der Waals surface area contributed by atoms with Crippen LogP contribution in [0.25, 0.3) is 0 Å². The maximum atomic E-state index is 11.3. The van der Waals surface area contributed by atoms with Gasteiger partial charge in [-0.3, -0.25) is 14.4 Å². The Morgan fingerprint density at radius 1 is 1.22 bits per heavy atom. The highest BCUT2D eigenvalue weighted by Crippen LogP contribution is 2.37. The van der Waals surface area contributed by atoms with Crippen LogP contribution in [0.2, 0.25) is 0 Å². The maximum Gasteiger partial charge on any atom is 0.242 e. The molecule has 0 spiro atoms. The molecular formula is C13H21N3O7. The molecule has 2 heterocycles. The zero-order valence-electron chi connectivity index (χ0n) is 12.9. The molecule has 0 aliphatic carbocycles. The van der Waals surface area contributed by atoms with Crippen molar-refractivity contribution in [3.8, 4) is 0 Å². The largest absolute Gasteiger partial charge is 0.394 e. The van der Waals surface area contributed by atoms with Gasteiger partial charge in [-0.15, -0.1) is 0 Å². The summed E-state index contributed by atoms with van der Waals surface area (Å²) < 4.78 is 16.5. The molecule has 2 rings (SSSR count). The highest BCUT2D eigenvalue weighted by Gasteiger charge is 2.58. The van der Waals surface area contributed by atoms with Gasteiger partial charge in [-0.05, 0) is 0 Å². The summed E-state index contributed by atoms with van der Waals surface area (Å²) in [5.74, 6) is -1.48. The van der Waals surface area contributed by atoms with Gasteiger partial charge in [0.2, 0.25) is 17.7 Å². The summed E-state index contributed by atoms with van der Waals surface area (Å²) in [7, 11) is 0. The minimum absolute atomic E-state index is 0.231. The van der Waals surface area contributed by atoms with Crippen molar-refractivity contribution < 1.29 is 33.7 Å². The lowest BCUT2D eigenvalue weighted by atomic mass is 10.0. The Morgan fingerprint density at radius 3 is 2.43 bits per heavy atom.